The van der Waals surface area contributed by atoms with Crippen LogP contribution in [0.15, 0.2) is 67.4 Å². The molecule has 0 saturated carbocycles. The van der Waals surface area contributed by atoms with Gasteiger partial charge in [0.05, 0.1) is 18.0 Å². The average Bonchev–Trinajstić information content (AvgIpc) is 3.37. The fraction of sp³-hybridized carbons (Fsp3) is 0. The summed E-state index contributed by atoms with van der Waals surface area (Å²) in [7, 11) is 0. The van der Waals surface area contributed by atoms with E-state index in [-0.39, 0.29) is 0 Å². The van der Waals surface area contributed by atoms with Crippen molar-refractivity contribution in [1.82, 2.24) is 23.8 Å². The third-order valence-electron chi connectivity index (χ3n) is 4.48. The zero-order valence-corrected chi connectivity index (χ0v) is 14.1. The zero-order valence-electron chi connectivity index (χ0n) is 14.1. The van der Waals surface area contributed by atoms with Gasteiger partial charge < -0.3 is 10.1 Å². The van der Waals surface area contributed by atoms with Crippen LogP contribution in [-0.2, 0) is 0 Å². The Morgan fingerprint density at radius 3 is 2.78 bits per heavy atom. The first-order valence-electron chi connectivity index (χ1n) is 8.28. The van der Waals surface area contributed by atoms with Crippen molar-refractivity contribution >= 4 is 22.8 Å². The summed E-state index contributed by atoms with van der Waals surface area (Å²) in [5.41, 5.74) is 11.5. The summed E-state index contributed by atoms with van der Waals surface area (Å²) in [6, 6.07) is 11.3. The lowest BCUT2D eigenvalue weighted by molar-refractivity contribution is 1.12. The molecule has 0 aliphatic carbocycles. The lowest BCUT2D eigenvalue weighted by Gasteiger charge is -2.14. The molecule has 4 aromatic heterocycles. The van der Waals surface area contributed by atoms with Gasteiger partial charge in [-0.2, -0.15) is 0 Å². The largest absolute Gasteiger partial charge is 0.381 e. The maximum absolute atomic E-state index is 7.30. The van der Waals surface area contributed by atoms with Crippen LogP contribution in [0.25, 0.3) is 38.7 Å². The lowest BCUT2D eigenvalue weighted by atomic mass is 10.0. The van der Waals surface area contributed by atoms with Crippen LogP contribution in [0.5, 0.6) is 0 Å². The van der Waals surface area contributed by atoms with Crippen LogP contribution in [0.4, 0.5) is 11.5 Å². The Bertz CT molecular complexity index is 1350. The van der Waals surface area contributed by atoms with Crippen molar-refractivity contribution in [2.45, 2.75) is 0 Å². The maximum Gasteiger partial charge on any atom is 0.187 e. The predicted molar refractivity (Wildman–Crippen MR) is 103 cm³/mol. The number of imidazole rings is 2. The minimum atomic E-state index is 0.343. The second kappa shape index (κ2) is 5.68. The highest BCUT2D eigenvalue weighted by atomic mass is 15.1. The molecule has 0 aliphatic heterocycles. The van der Waals surface area contributed by atoms with Gasteiger partial charge in [-0.25, -0.2) is 19.8 Å². The number of anilines is 1. The maximum atomic E-state index is 7.30. The molecular formula is C20H13N7. The molecule has 0 bridgehead atoms. The molecule has 4 heterocycles. The molecular weight excluding hydrogens is 338 g/mol. The fourth-order valence-corrected chi connectivity index (χ4v) is 3.27. The summed E-state index contributed by atoms with van der Waals surface area (Å²) < 4.78 is 3.88. The molecule has 1 aromatic carbocycles. The summed E-state index contributed by atoms with van der Waals surface area (Å²) in [6.07, 6.45) is 9.22. The summed E-state index contributed by atoms with van der Waals surface area (Å²) in [5, 5.41) is 0. The molecule has 0 atom stereocenters. The molecule has 128 valence electrons. The fourth-order valence-electron chi connectivity index (χ4n) is 3.27. The number of rotatable bonds is 2. The Morgan fingerprint density at radius 2 is 1.89 bits per heavy atom. The Labute approximate surface area is 154 Å². The number of pyridine rings is 1. The normalized spacial score (nSPS) is 11.1. The van der Waals surface area contributed by atoms with E-state index in [4.69, 9.17) is 12.3 Å². The summed E-state index contributed by atoms with van der Waals surface area (Å²) >= 11 is 0. The van der Waals surface area contributed by atoms with Crippen LogP contribution >= 0.6 is 0 Å². The van der Waals surface area contributed by atoms with E-state index in [1.54, 1.807) is 18.5 Å². The van der Waals surface area contributed by atoms with Crippen molar-refractivity contribution in [2.24, 2.45) is 0 Å². The number of nitrogen functional groups attached to an aromatic ring is 1. The van der Waals surface area contributed by atoms with E-state index in [0.717, 1.165) is 22.5 Å². The molecule has 0 saturated heterocycles. The number of hydrogen-bond acceptors (Lipinski definition) is 4. The van der Waals surface area contributed by atoms with E-state index >= 15 is 0 Å². The SMILES string of the molecule is [C-]#[N+]c1cccc(-c2nc(N)c3nccn3c2-c2ccc3nccn3c2)c1. The van der Waals surface area contributed by atoms with Crippen molar-refractivity contribution < 1.29 is 0 Å². The van der Waals surface area contributed by atoms with E-state index in [1.165, 1.54) is 0 Å². The Kier molecular flexibility index (Phi) is 3.18. The van der Waals surface area contributed by atoms with Crippen molar-refractivity contribution in [3.8, 4) is 22.5 Å². The highest BCUT2D eigenvalue weighted by molar-refractivity contribution is 5.84. The molecule has 0 unspecified atom stereocenters. The average molecular weight is 351 g/mol. The molecule has 0 radical (unpaired) electrons. The minimum Gasteiger partial charge on any atom is -0.381 e. The second-order valence-electron chi connectivity index (χ2n) is 6.09. The number of nitrogens with zero attached hydrogens (tertiary/aromatic N) is 6. The lowest BCUT2D eigenvalue weighted by Crippen LogP contribution is -2.04. The first kappa shape index (κ1) is 15.1. The van der Waals surface area contributed by atoms with Gasteiger partial charge in [0.2, 0.25) is 0 Å². The van der Waals surface area contributed by atoms with Gasteiger partial charge >= 0.3 is 0 Å². The van der Waals surface area contributed by atoms with E-state index in [9.17, 15) is 0 Å². The number of aromatic nitrogens is 5. The second-order valence-corrected chi connectivity index (χ2v) is 6.09. The van der Waals surface area contributed by atoms with E-state index in [0.29, 0.717) is 22.8 Å². The van der Waals surface area contributed by atoms with Gasteiger partial charge in [0.15, 0.2) is 17.2 Å². The van der Waals surface area contributed by atoms with Gasteiger partial charge in [0.25, 0.3) is 0 Å². The topological polar surface area (TPSA) is 77.9 Å². The number of benzene rings is 1. The zero-order chi connectivity index (χ0) is 18.4. The van der Waals surface area contributed by atoms with Gasteiger partial charge in [0.1, 0.15) is 5.65 Å². The van der Waals surface area contributed by atoms with Crippen LogP contribution in [0, 0.1) is 6.57 Å². The minimum absolute atomic E-state index is 0.343. The quantitative estimate of drug-likeness (QED) is 0.490. The smallest absolute Gasteiger partial charge is 0.187 e. The predicted octanol–water partition coefficient (Wildman–Crippen LogP) is 3.84. The van der Waals surface area contributed by atoms with Crippen molar-refractivity contribution in [3.63, 3.8) is 0 Å². The molecule has 2 N–H and O–H groups in total. The molecule has 5 aromatic rings. The number of hydrogen-bond donors (Lipinski definition) is 1. The van der Waals surface area contributed by atoms with Crippen molar-refractivity contribution in [1.29, 1.82) is 0 Å². The molecule has 0 aliphatic rings. The Hall–Kier alpha value is -4.18. The van der Waals surface area contributed by atoms with E-state index < -0.39 is 0 Å². The highest BCUT2D eigenvalue weighted by Crippen LogP contribution is 2.34. The first-order chi connectivity index (χ1) is 13.2. The highest BCUT2D eigenvalue weighted by Gasteiger charge is 2.17. The summed E-state index contributed by atoms with van der Waals surface area (Å²) in [6.45, 7) is 7.30. The third kappa shape index (κ3) is 2.32. The summed E-state index contributed by atoms with van der Waals surface area (Å²) in [4.78, 5) is 16.8. The standard InChI is InChI=1S/C20H13N7/c1-22-15-4-2-3-13(11-15)17-18(27-10-8-24-20(27)19(21)25-17)14-5-6-16-23-7-9-26(16)12-14/h2-12H,(H2,21,25). The van der Waals surface area contributed by atoms with Crippen LogP contribution in [-0.4, -0.2) is 23.8 Å². The van der Waals surface area contributed by atoms with Crippen LogP contribution in [0.2, 0.25) is 0 Å². The van der Waals surface area contributed by atoms with Crippen molar-refractivity contribution in [3.05, 3.63) is 78.8 Å². The molecule has 0 amide bonds. The molecule has 7 heteroatoms. The van der Waals surface area contributed by atoms with Gasteiger partial charge in [-0.3, -0.25) is 4.40 Å². The molecule has 0 fully saturated rings. The van der Waals surface area contributed by atoms with Crippen molar-refractivity contribution in [2.75, 3.05) is 5.73 Å². The van der Waals surface area contributed by atoms with Gasteiger partial charge in [-0.1, -0.05) is 18.2 Å². The third-order valence-corrected chi connectivity index (χ3v) is 4.48. The van der Waals surface area contributed by atoms with E-state index in [1.807, 2.05) is 57.7 Å². The Balaban J connectivity index is 1.87. The van der Waals surface area contributed by atoms with E-state index in [2.05, 4.69) is 19.8 Å². The van der Waals surface area contributed by atoms with Gasteiger partial charge in [-0.15, -0.1) is 0 Å². The first-order valence-corrected chi connectivity index (χ1v) is 8.28. The molecule has 0 spiro atoms. The Morgan fingerprint density at radius 1 is 1.00 bits per heavy atom. The monoisotopic (exact) mass is 351 g/mol. The number of fused-ring (bicyclic) bond motifs is 2. The van der Waals surface area contributed by atoms with Crippen LogP contribution in [0.1, 0.15) is 0 Å². The van der Waals surface area contributed by atoms with Gasteiger partial charge in [0, 0.05) is 36.5 Å². The molecule has 27 heavy (non-hydrogen) atoms. The van der Waals surface area contributed by atoms with Crippen LogP contribution in [0.3, 0.4) is 0 Å². The van der Waals surface area contributed by atoms with Gasteiger partial charge in [-0.05, 0) is 23.8 Å². The molecule has 7 nitrogen and oxygen atoms in total. The summed E-state index contributed by atoms with van der Waals surface area (Å²) in [5.74, 6) is 0.343. The molecule has 5 rings (SSSR count). The van der Waals surface area contributed by atoms with Crippen LogP contribution < -0.4 is 5.73 Å². The number of nitrogens with two attached hydrogens (primary N) is 1.